The number of carbonyl (C=O) groups excluding carboxylic acids is 1. The van der Waals surface area contributed by atoms with E-state index in [4.69, 9.17) is 10.5 Å². The number of nitrogens with two attached hydrogens (primary N) is 1. The summed E-state index contributed by atoms with van der Waals surface area (Å²) in [5, 5.41) is 2.70. The zero-order valence-electron chi connectivity index (χ0n) is 10.4. The summed E-state index contributed by atoms with van der Waals surface area (Å²) in [5.41, 5.74) is 6.41. The zero-order chi connectivity index (χ0) is 12.8. The average Bonchev–Trinajstić information content (AvgIpc) is 2.22. The van der Waals surface area contributed by atoms with Crippen molar-refractivity contribution < 1.29 is 9.53 Å². The van der Waals surface area contributed by atoms with E-state index in [0.29, 0.717) is 18.8 Å². The largest absolute Gasteiger partial charge is 0.377 e. The Hall–Kier alpha value is -1.69. The Kier molecular flexibility index (Phi) is 4.84. The highest BCUT2D eigenvalue weighted by Gasteiger charge is 2.08. The fourth-order valence-electron chi connectivity index (χ4n) is 1.26. The molecule has 0 radical (unpaired) electrons. The summed E-state index contributed by atoms with van der Waals surface area (Å²) in [6.45, 7) is 6.56. The number of aryl methyl sites for hydroxylation is 1. The van der Waals surface area contributed by atoms with Crippen LogP contribution in [0.15, 0.2) is 6.07 Å². The molecule has 0 aliphatic carbocycles. The lowest BCUT2D eigenvalue weighted by Gasteiger charge is -2.08. The van der Waals surface area contributed by atoms with Crippen LogP contribution in [-0.2, 0) is 4.74 Å². The van der Waals surface area contributed by atoms with Gasteiger partial charge in [0.15, 0.2) is 0 Å². The molecule has 17 heavy (non-hydrogen) atoms. The molecular weight excluding hydrogens is 220 g/mol. The Bertz CT molecular complexity index is 373. The van der Waals surface area contributed by atoms with E-state index in [2.05, 4.69) is 15.3 Å². The molecule has 0 spiro atoms. The van der Waals surface area contributed by atoms with Crippen LogP contribution in [0.1, 0.15) is 30.0 Å². The molecule has 0 saturated carbocycles. The van der Waals surface area contributed by atoms with Crippen LogP contribution >= 0.6 is 0 Å². The summed E-state index contributed by atoms with van der Waals surface area (Å²) >= 11 is 0. The van der Waals surface area contributed by atoms with Gasteiger partial charge in [0.2, 0.25) is 5.95 Å². The summed E-state index contributed by atoms with van der Waals surface area (Å²) in [5.74, 6) is -0.164. The standard InChI is InChI=1S/C11H18N4O2/c1-7(2)17-5-4-13-10(16)9-6-8(3)14-11(12)15-9/h6-7H,4-5H2,1-3H3,(H,13,16)(H2,12,14,15). The van der Waals surface area contributed by atoms with Gasteiger partial charge in [-0.05, 0) is 26.8 Å². The predicted octanol–water partition coefficient (Wildman–Crippen LogP) is 0.522. The molecule has 6 heteroatoms. The first-order valence-electron chi connectivity index (χ1n) is 5.50. The topological polar surface area (TPSA) is 90.1 Å². The van der Waals surface area contributed by atoms with E-state index in [9.17, 15) is 4.79 Å². The van der Waals surface area contributed by atoms with Crippen molar-refractivity contribution in [2.24, 2.45) is 0 Å². The van der Waals surface area contributed by atoms with Gasteiger partial charge in [-0.15, -0.1) is 0 Å². The smallest absolute Gasteiger partial charge is 0.270 e. The Morgan fingerprint density at radius 3 is 2.82 bits per heavy atom. The molecule has 3 N–H and O–H groups in total. The highest BCUT2D eigenvalue weighted by Crippen LogP contribution is 2.01. The molecule has 0 atom stereocenters. The number of hydrogen-bond acceptors (Lipinski definition) is 5. The number of anilines is 1. The van der Waals surface area contributed by atoms with E-state index in [0.717, 1.165) is 0 Å². The molecule has 1 aromatic rings. The molecule has 1 rings (SSSR count). The van der Waals surface area contributed by atoms with Crippen LogP contribution in [0.2, 0.25) is 0 Å². The number of rotatable bonds is 5. The van der Waals surface area contributed by atoms with Gasteiger partial charge in [0.1, 0.15) is 5.69 Å². The molecular formula is C11H18N4O2. The van der Waals surface area contributed by atoms with Crippen molar-refractivity contribution >= 4 is 11.9 Å². The lowest BCUT2D eigenvalue weighted by atomic mass is 10.3. The van der Waals surface area contributed by atoms with Gasteiger partial charge in [-0.25, -0.2) is 9.97 Å². The predicted molar refractivity (Wildman–Crippen MR) is 64.6 cm³/mol. The highest BCUT2D eigenvalue weighted by atomic mass is 16.5. The van der Waals surface area contributed by atoms with Crippen molar-refractivity contribution in [3.05, 3.63) is 17.5 Å². The molecule has 0 fully saturated rings. The minimum absolute atomic E-state index is 0.105. The Morgan fingerprint density at radius 1 is 1.53 bits per heavy atom. The van der Waals surface area contributed by atoms with E-state index in [1.165, 1.54) is 0 Å². The van der Waals surface area contributed by atoms with E-state index < -0.39 is 0 Å². The van der Waals surface area contributed by atoms with Gasteiger partial charge >= 0.3 is 0 Å². The molecule has 0 bridgehead atoms. The number of nitrogen functional groups attached to an aromatic ring is 1. The lowest BCUT2D eigenvalue weighted by Crippen LogP contribution is -2.29. The molecule has 6 nitrogen and oxygen atoms in total. The summed E-state index contributed by atoms with van der Waals surface area (Å²) in [7, 11) is 0. The van der Waals surface area contributed by atoms with E-state index in [1.54, 1.807) is 13.0 Å². The maximum Gasteiger partial charge on any atom is 0.270 e. The summed E-state index contributed by atoms with van der Waals surface area (Å²) < 4.78 is 5.30. The van der Waals surface area contributed by atoms with Crippen molar-refractivity contribution in [2.45, 2.75) is 26.9 Å². The molecule has 0 saturated heterocycles. The molecule has 0 aromatic carbocycles. The first kappa shape index (κ1) is 13.4. The molecule has 1 aromatic heterocycles. The second-order valence-corrected chi connectivity index (χ2v) is 3.93. The minimum atomic E-state index is -0.269. The fourth-order valence-corrected chi connectivity index (χ4v) is 1.26. The third-order valence-corrected chi connectivity index (χ3v) is 1.94. The molecule has 1 amide bonds. The second kappa shape index (κ2) is 6.15. The first-order valence-corrected chi connectivity index (χ1v) is 5.50. The Morgan fingerprint density at radius 2 is 2.24 bits per heavy atom. The van der Waals surface area contributed by atoms with Crippen molar-refractivity contribution in [1.29, 1.82) is 0 Å². The van der Waals surface area contributed by atoms with Crippen LogP contribution in [0.5, 0.6) is 0 Å². The van der Waals surface area contributed by atoms with Gasteiger partial charge < -0.3 is 15.8 Å². The van der Waals surface area contributed by atoms with Gasteiger partial charge in [-0.1, -0.05) is 0 Å². The minimum Gasteiger partial charge on any atom is -0.377 e. The third kappa shape index (κ3) is 4.78. The van der Waals surface area contributed by atoms with Crippen LogP contribution in [-0.4, -0.2) is 35.1 Å². The number of aromatic nitrogens is 2. The molecule has 0 aliphatic rings. The SMILES string of the molecule is Cc1cc(C(=O)NCCOC(C)C)nc(N)n1. The van der Waals surface area contributed by atoms with Crippen LogP contribution < -0.4 is 11.1 Å². The average molecular weight is 238 g/mol. The van der Waals surface area contributed by atoms with Crippen LogP contribution in [0.4, 0.5) is 5.95 Å². The maximum atomic E-state index is 11.7. The van der Waals surface area contributed by atoms with Crippen LogP contribution in [0.3, 0.4) is 0 Å². The number of hydrogen-bond donors (Lipinski definition) is 2. The summed E-state index contributed by atoms with van der Waals surface area (Å²) in [4.78, 5) is 19.4. The number of nitrogens with zero attached hydrogens (tertiary/aromatic N) is 2. The summed E-state index contributed by atoms with van der Waals surface area (Å²) in [6.07, 6.45) is 0.156. The van der Waals surface area contributed by atoms with E-state index in [-0.39, 0.29) is 23.7 Å². The van der Waals surface area contributed by atoms with Gasteiger partial charge in [-0.3, -0.25) is 4.79 Å². The molecule has 0 unspecified atom stereocenters. The van der Waals surface area contributed by atoms with Crippen molar-refractivity contribution in [1.82, 2.24) is 15.3 Å². The number of amides is 1. The number of carbonyl (C=O) groups is 1. The number of ether oxygens (including phenoxy) is 1. The third-order valence-electron chi connectivity index (χ3n) is 1.94. The van der Waals surface area contributed by atoms with Crippen molar-refractivity contribution in [2.75, 3.05) is 18.9 Å². The Labute approximate surface area is 101 Å². The number of nitrogens with one attached hydrogen (secondary N) is 1. The van der Waals surface area contributed by atoms with Crippen LogP contribution in [0.25, 0.3) is 0 Å². The normalized spacial score (nSPS) is 10.6. The molecule has 1 heterocycles. The van der Waals surface area contributed by atoms with E-state index >= 15 is 0 Å². The van der Waals surface area contributed by atoms with E-state index in [1.807, 2.05) is 13.8 Å². The van der Waals surface area contributed by atoms with Crippen molar-refractivity contribution in [3.8, 4) is 0 Å². The lowest BCUT2D eigenvalue weighted by molar-refractivity contribution is 0.0745. The second-order valence-electron chi connectivity index (χ2n) is 3.93. The van der Waals surface area contributed by atoms with Crippen LogP contribution in [0, 0.1) is 6.92 Å². The first-order chi connectivity index (χ1) is 7.99. The molecule has 0 aliphatic heterocycles. The van der Waals surface area contributed by atoms with Gasteiger partial charge in [0.25, 0.3) is 5.91 Å². The highest BCUT2D eigenvalue weighted by molar-refractivity contribution is 5.92. The van der Waals surface area contributed by atoms with Gasteiger partial charge in [0.05, 0.1) is 12.7 Å². The summed E-state index contributed by atoms with van der Waals surface area (Å²) in [6, 6.07) is 1.59. The monoisotopic (exact) mass is 238 g/mol. The van der Waals surface area contributed by atoms with Crippen molar-refractivity contribution in [3.63, 3.8) is 0 Å². The zero-order valence-corrected chi connectivity index (χ0v) is 10.4. The quantitative estimate of drug-likeness (QED) is 0.730. The van der Waals surface area contributed by atoms with Gasteiger partial charge in [0, 0.05) is 12.2 Å². The maximum absolute atomic E-state index is 11.7. The van der Waals surface area contributed by atoms with Gasteiger partial charge in [-0.2, -0.15) is 0 Å². The fraction of sp³-hybridized carbons (Fsp3) is 0.545. The Balaban J connectivity index is 2.47. The molecule has 94 valence electrons.